The molecule has 18 heavy (non-hydrogen) atoms. The summed E-state index contributed by atoms with van der Waals surface area (Å²) >= 11 is 0. The van der Waals surface area contributed by atoms with E-state index in [4.69, 9.17) is 4.74 Å². The van der Waals surface area contributed by atoms with E-state index in [0.29, 0.717) is 13.2 Å². The lowest BCUT2D eigenvalue weighted by Crippen LogP contribution is -2.55. The van der Waals surface area contributed by atoms with Crippen LogP contribution < -0.4 is 5.32 Å². The summed E-state index contributed by atoms with van der Waals surface area (Å²) in [5.74, 6) is -0.313. The fourth-order valence-corrected chi connectivity index (χ4v) is 2.12. The molecule has 1 heterocycles. The molecule has 0 aromatic carbocycles. The largest absolute Gasteiger partial charge is 0.466 e. The summed E-state index contributed by atoms with van der Waals surface area (Å²) in [7, 11) is 1.77. The highest BCUT2D eigenvalue weighted by molar-refractivity contribution is 5.86. The second-order valence-electron chi connectivity index (χ2n) is 5.22. The number of nitrogens with one attached hydrogen (secondary N) is 1. The van der Waals surface area contributed by atoms with Crippen molar-refractivity contribution in [2.45, 2.75) is 39.2 Å². The van der Waals surface area contributed by atoms with Crippen LogP contribution in [0, 0.1) is 5.92 Å². The van der Waals surface area contributed by atoms with Crippen LogP contribution in [0.3, 0.4) is 0 Å². The predicted molar refractivity (Wildman–Crippen MR) is 69.1 cm³/mol. The lowest BCUT2D eigenvalue weighted by atomic mass is 9.95. The highest BCUT2D eigenvalue weighted by Gasteiger charge is 2.35. The Hall–Kier alpha value is -1.10. The van der Waals surface area contributed by atoms with E-state index in [2.05, 4.69) is 5.32 Å². The van der Waals surface area contributed by atoms with Gasteiger partial charge in [0, 0.05) is 13.1 Å². The van der Waals surface area contributed by atoms with Crippen molar-refractivity contribution in [3.05, 3.63) is 0 Å². The lowest BCUT2D eigenvalue weighted by molar-refractivity contribution is -0.152. The maximum Gasteiger partial charge on any atom is 0.310 e. The van der Waals surface area contributed by atoms with Crippen molar-refractivity contribution in [2.75, 3.05) is 26.7 Å². The fraction of sp³-hybridized carbons (Fsp3) is 0.846. The second kappa shape index (κ2) is 6.18. The molecule has 0 aromatic rings. The Kier molecular flexibility index (Phi) is 5.14. The van der Waals surface area contributed by atoms with Gasteiger partial charge < -0.3 is 15.0 Å². The predicted octanol–water partition coefficient (Wildman–Crippen LogP) is 0.786. The summed E-state index contributed by atoms with van der Waals surface area (Å²) in [4.78, 5) is 25.8. The number of hydrogen-bond acceptors (Lipinski definition) is 4. The average molecular weight is 256 g/mol. The maximum absolute atomic E-state index is 12.3. The minimum absolute atomic E-state index is 0.0407. The topological polar surface area (TPSA) is 58.6 Å². The van der Waals surface area contributed by atoms with Crippen molar-refractivity contribution in [1.82, 2.24) is 10.2 Å². The average Bonchev–Trinajstić information content (AvgIpc) is 2.38. The number of likely N-dealkylation sites (N-methyl/N-ethyl adjacent to an activating group) is 1. The Balaban J connectivity index is 2.64. The molecule has 1 saturated heterocycles. The molecule has 1 aliphatic rings. The van der Waals surface area contributed by atoms with Gasteiger partial charge in [0.1, 0.15) is 0 Å². The van der Waals surface area contributed by atoms with E-state index >= 15 is 0 Å². The third kappa shape index (κ3) is 3.45. The molecule has 0 radical (unpaired) electrons. The number of likely N-dealkylation sites (tertiary alicyclic amines) is 1. The molecule has 0 spiro atoms. The van der Waals surface area contributed by atoms with Crippen LogP contribution in [-0.2, 0) is 14.3 Å². The Morgan fingerprint density at radius 2 is 2.11 bits per heavy atom. The van der Waals surface area contributed by atoms with E-state index in [1.165, 1.54) is 0 Å². The quantitative estimate of drug-likeness (QED) is 0.755. The van der Waals surface area contributed by atoms with Crippen LogP contribution in [-0.4, -0.2) is 49.1 Å². The highest BCUT2D eigenvalue weighted by Crippen LogP contribution is 2.20. The number of carbonyl (C=O) groups excluding carboxylic acids is 2. The smallest absolute Gasteiger partial charge is 0.310 e. The molecule has 0 aromatic heterocycles. The molecule has 0 aliphatic carbocycles. The number of ether oxygens (including phenoxy) is 1. The summed E-state index contributed by atoms with van der Waals surface area (Å²) in [5.41, 5.74) is -0.587. The molecular formula is C13H24N2O3. The SMILES string of the molecule is CCOC(=O)C1CCCN(C(=O)C(C)(C)NC)C1. The van der Waals surface area contributed by atoms with Crippen molar-refractivity contribution in [1.29, 1.82) is 0 Å². The van der Waals surface area contributed by atoms with Crippen molar-refractivity contribution < 1.29 is 14.3 Å². The maximum atomic E-state index is 12.3. The van der Waals surface area contributed by atoms with Gasteiger partial charge in [0.25, 0.3) is 0 Å². The highest BCUT2D eigenvalue weighted by atomic mass is 16.5. The Morgan fingerprint density at radius 3 is 2.67 bits per heavy atom. The van der Waals surface area contributed by atoms with Crippen LogP contribution >= 0.6 is 0 Å². The zero-order chi connectivity index (χ0) is 13.8. The summed E-state index contributed by atoms with van der Waals surface area (Å²) in [6, 6.07) is 0. The first-order chi connectivity index (χ1) is 8.42. The fourth-order valence-electron chi connectivity index (χ4n) is 2.12. The van der Waals surface area contributed by atoms with E-state index in [-0.39, 0.29) is 17.8 Å². The van der Waals surface area contributed by atoms with Crippen LogP contribution in [0.1, 0.15) is 33.6 Å². The monoisotopic (exact) mass is 256 g/mol. The summed E-state index contributed by atoms with van der Waals surface area (Å²) in [5, 5.41) is 3.00. The van der Waals surface area contributed by atoms with Gasteiger partial charge >= 0.3 is 5.97 Å². The van der Waals surface area contributed by atoms with Gasteiger partial charge in [0.05, 0.1) is 18.1 Å². The zero-order valence-electron chi connectivity index (χ0n) is 11.8. The van der Waals surface area contributed by atoms with Crippen LogP contribution in [0.15, 0.2) is 0 Å². The van der Waals surface area contributed by atoms with Crippen molar-refractivity contribution >= 4 is 11.9 Å². The summed E-state index contributed by atoms with van der Waals surface area (Å²) < 4.78 is 5.03. The third-order valence-electron chi connectivity index (χ3n) is 3.49. The van der Waals surface area contributed by atoms with Crippen LogP contribution in [0.5, 0.6) is 0 Å². The van der Waals surface area contributed by atoms with Gasteiger partial charge in [-0.15, -0.1) is 0 Å². The number of carbonyl (C=O) groups is 2. The number of amides is 1. The minimum atomic E-state index is -0.587. The van der Waals surface area contributed by atoms with Crippen molar-refractivity contribution in [3.63, 3.8) is 0 Å². The number of hydrogen-bond donors (Lipinski definition) is 1. The lowest BCUT2D eigenvalue weighted by Gasteiger charge is -2.36. The van der Waals surface area contributed by atoms with Gasteiger partial charge in [0.15, 0.2) is 0 Å². The molecule has 104 valence electrons. The third-order valence-corrected chi connectivity index (χ3v) is 3.49. The molecule has 1 atom stereocenters. The van der Waals surface area contributed by atoms with Gasteiger partial charge in [0.2, 0.25) is 5.91 Å². The van der Waals surface area contributed by atoms with Gasteiger partial charge in [-0.05, 0) is 40.7 Å². The molecule has 1 unspecified atom stereocenters. The van der Waals surface area contributed by atoms with Gasteiger partial charge in [-0.3, -0.25) is 9.59 Å². The van der Waals surface area contributed by atoms with Crippen LogP contribution in [0.25, 0.3) is 0 Å². The first-order valence-corrected chi connectivity index (χ1v) is 6.57. The molecule has 5 heteroatoms. The molecule has 1 amide bonds. The Morgan fingerprint density at radius 1 is 1.44 bits per heavy atom. The van der Waals surface area contributed by atoms with E-state index in [9.17, 15) is 9.59 Å². The van der Waals surface area contributed by atoms with E-state index in [0.717, 1.165) is 19.4 Å². The first kappa shape index (κ1) is 15.0. The van der Waals surface area contributed by atoms with Crippen molar-refractivity contribution in [2.24, 2.45) is 5.92 Å². The van der Waals surface area contributed by atoms with Crippen LogP contribution in [0.4, 0.5) is 0 Å². The molecule has 1 fully saturated rings. The molecular weight excluding hydrogens is 232 g/mol. The summed E-state index contributed by atoms with van der Waals surface area (Å²) in [6.07, 6.45) is 1.66. The first-order valence-electron chi connectivity index (χ1n) is 6.57. The van der Waals surface area contributed by atoms with Crippen LogP contribution in [0.2, 0.25) is 0 Å². The van der Waals surface area contributed by atoms with Crippen molar-refractivity contribution in [3.8, 4) is 0 Å². The normalized spacial score (nSPS) is 20.7. The van der Waals surface area contributed by atoms with Gasteiger partial charge in [-0.1, -0.05) is 0 Å². The Bertz CT molecular complexity index is 315. The number of esters is 1. The summed E-state index contributed by atoms with van der Waals surface area (Å²) in [6.45, 7) is 7.09. The molecule has 0 saturated carbocycles. The number of piperidine rings is 1. The minimum Gasteiger partial charge on any atom is -0.466 e. The zero-order valence-corrected chi connectivity index (χ0v) is 11.8. The standard InChI is InChI=1S/C13H24N2O3/c1-5-18-11(16)10-7-6-8-15(9-10)12(17)13(2,3)14-4/h10,14H,5-9H2,1-4H3. The molecule has 0 bridgehead atoms. The van der Waals surface area contributed by atoms with Gasteiger partial charge in [-0.2, -0.15) is 0 Å². The second-order valence-corrected chi connectivity index (χ2v) is 5.22. The van der Waals surface area contributed by atoms with E-state index in [1.54, 1.807) is 18.9 Å². The number of rotatable bonds is 4. The molecule has 1 aliphatic heterocycles. The Labute approximate surface area is 109 Å². The number of nitrogens with zero attached hydrogens (tertiary/aromatic N) is 1. The molecule has 1 N–H and O–H groups in total. The van der Waals surface area contributed by atoms with E-state index < -0.39 is 5.54 Å². The van der Waals surface area contributed by atoms with E-state index in [1.807, 2.05) is 13.8 Å². The molecule has 5 nitrogen and oxygen atoms in total. The van der Waals surface area contributed by atoms with Gasteiger partial charge in [-0.25, -0.2) is 0 Å². The molecule has 1 rings (SSSR count).